The van der Waals surface area contributed by atoms with E-state index in [4.69, 9.17) is 5.73 Å². The zero-order chi connectivity index (χ0) is 9.10. The van der Waals surface area contributed by atoms with E-state index in [1.54, 1.807) is 6.20 Å². The third-order valence-electron chi connectivity index (χ3n) is 1.96. The van der Waals surface area contributed by atoms with Crippen LogP contribution in [0.3, 0.4) is 0 Å². The van der Waals surface area contributed by atoms with Gasteiger partial charge in [-0.1, -0.05) is 12.1 Å². The van der Waals surface area contributed by atoms with Crippen LogP contribution in [0.15, 0.2) is 41.7 Å². The highest BCUT2D eigenvalue weighted by atomic mass is 15.1. The summed E-state index contributed by atoms with van der Waals surface area (Å²) in [5.41, 5.74) is 7.66. The standard InChI is InChI=1S/C10H11N3/c11-9-3-1-2-4-10(9)13-7-5-12-6-8-13/h1-7H,8,11H2. The third-order valence-corrected chi connectivity index (χ3v) is 1.96. The van der Waals surface area contributed by atoms with E-state index >= 15 is 0 Å². The molecule has 1 heterocycles. The Morgan fingerprint density at radius 1 is 1.31 bits per heavy atom. The molecule has 0 saturated carbocycles. The van der Waals surface area contributed by atoms with Gasteiger partial charge in [-0.05, 0) is 12.1 Å². The first-order valence-electron chi connectivity index (χ1n) is 4.17. The molecule has 0 bridgehead atoms. The molecule has 0 fully saturated rings. The first-order valence-corrected chi connectivity index (χ1v) is 4.17. The van der Waals surface area contributed by atoms with Crippen LogP contribution in [0.25, 0.3) is 0 Å². The molecule has 0 aliphatic carbocycles. The fourth-order valence-corrected chi connectivity index (χ4v) is 1.30. The molecule has 0 saturated heterocycles. The maximum absolute atomic E-state index is 5.83. The van der Waals surface area contributed by atoms with Crippen molar-refractivity contribution >= 4 is 17.6 Å². The van der Waals surface area contributed by atoms with E-state index in [2.05, 4.69) is 9.89 Å². The van der Waals surface area contributed by atoms with E-state index in [0.717, 1.165) is 17.9 Å². The molecular formula is C10H11N3. The molecule has 0 atom stereocenters. The molecule has 0 spiro atoms. The first-order chi connectivity index (χ1) is 6.38. The first kappa shape index (κ1) is 7.86. The van der Waals surface area contributed by atoms with Gasteiger partial charge in [0.1, 0.15) is 0 Å². The lowest BCUT2D eigenvalue weighted by Crippen LogP contribution is -2.21. The van der Waals surface area contributed by atoms with Gasteiger partial charge in [0.15, 0.2) is 0 Å². The average molecular weight is 173 g/mol. The van der Waals surface area contributed by atoms with Gasteiger partial charge in [-0.15, -0.1) is 0 Å². The molecule has 1 aromatic rings. The van der Waals surface area contributed by atoms with E-state index in [-0.39, 0.29) is 0 Å². The van der Waals surface area contributed by atoms with Gasteiger partial charge in [0.25, 0.3) is 0 Å². The number of nitrogen functional groups attached to an aromatic ring is 1. The molecular weight excluding hydrogens is 162 g/mol. The van der Waals surface area contributed by atoms with Crippen molar-refractivity contribution in [3.05, 3.63) is 36.7 Å². The molecule has 1 aliphatic heterocycles. The van der Waals surface area contributed by atoms with Crippen LogP contribution >= 0.6 is 0 Å². The quantitative estimate of drug-likeness (QED) is 0.656. The molecule has 0 unspecified atom stereocenters. The predicted octanol–water partition coefficient (Wildman–Crippen LogP) is 1.63. The van der Waals surface area contributed by atoms with Crippen LogP contribution in [0, 0.1) is 0 Å². The molecule has 1 aromatic carbocycles. The topological polar surface area (TPSA) is 41.6 Å². The van der Waals surface area contributed by atoms with Crippen LogP contribution in [-0.4, -0.2) is 12.8 Å². The van der Waals surface area contributed by atoms with Gasteiger partial charge in [-0.3, -0.25) is 4.99 Å². The lowest BCUT2D eigenvalue weighted by Gasteiger charge is -2.21. The Hall–Kier alpha value is -1.77. The second-order valence-electron chi connectivity index (χ2n) is 2.84. The zero-order valence-corrected chi connectivity index (χ0v) is 7.22. The highest BCUT2D eigenvalue weighted by Gasteiger charge is 2.05. The summed E-state index contributed by atoms with van der Waals surface area (Å²) < 4.78 is 0. The number of anilines is 2. The summed E-state index contributed by atoms with van der Waals surface area (Å²) in [6.07, 6.45) is 5.54. The minimum Gasteiger partial charge on any atom is -0.397 e. The molecule has 1 aliphatic rings. The van der Waals surface area contributed by atoms with Crippen molar-refractivity contribution in [3.63, 3.8) is 0 Å². The molecule has 0 radical (unpaired) electrons. The Balaban J connectivity index is 2.30. The summed E-state index contributed by atoms with van der Waals surface area (Å²) in [5, 5.41) is 0. The Bertz CT molecular complexity index is 355. The average Bonchev–Trinajstić information content (AvgIpc) is 2.20. The summed E-state index contributed by atoms with van der Waals surface area (Å²) in [6, 6.07) is 7.81. The lowest BCUT2D eigenvalue weighted by atomic mass is 10.2. The van der Waals surface area contributed by atoms with Crippen molar-refractivity contribution in [2.45, 2.75) is 0 Å². The number of para-hydroxylation sites is 2. The smallest absolute Gasteiger partial charge is 0.0643 e. The molecule has 13 heavy (non-hydrogen) atoms. The second kappa shape index (κ2) is 3.31. The van der Waals surface area contributed by atoms with Crippen LogP contribution in [0.4, 0.5) is 11.4 Å². The van der Waals surface area contributed by atoms with Gasteiger partial charge in [0, 0.05) is 18.6 Å². The zero-order valence-electron chi connectivity index (χ0n) is 7.22. The van der Waals surface area contributed by atoms with Crippen molar-refractivity contribution < 1.29 is 0 Å². The number of nitrogens with two attached hydrogens (primary N) is 1. The third kappa shape index (κ3) is 1.54. The SMILES string of the molecule is Nc1ccccc1N1C=CN=CC1. The van der Waals surface area contributed by atoms with Gasteiger partial charge < -0.3 is 10.6 Å². The summed E-state index contributed by atoms with van der Waals surface area (Å²) in [7, 11) is 0. The van der Waals surface area contributed by atoms with Crippen molar-refractivity contribution in [2.75, 3.05) is 17.2 Å². The maximum atomic E-state index is 5.83. The highest BCUT2D eigenvalue weighted by molar-refractivity contribution is 5.75. The van der Waals surface area contributed by atoms with Crippen LogP contribution in [0.2, 0.25) is 0 Å². The predicted molar refractivity (Wildman–Crippen MR) is 55.8 cm³/mol. The van der Waals surface area contributed by atoms with E-state index in [9.17, 15) is 0 Å². The monoisotopic (exact) mass is 173 g/mol. The normalized spacial score (nSPS) is 14.9. The number of hydrogen-bond acceptors (Lipinski definition) is 3. The molecule has 2 rings (SSSR count). The Morgan fingerprint density at radius 3 is 2.85 bits per heavy atom. The fraction of sp³-hybridized carbons (Fsp3) is 0.100. The van der Waals surface area contributed by atoms with Crippen molar-refractivity contribution in [1.29, 1.82) is 0 Å². The van der Waals surface area contributed by atoms with Gasteiger partial charge in [0.2, 0.25) is 0 Å². The number of aliphatic imine (C=N–C) groups is 1. The van der Waals surface area contributed by atoms with E-state index in [1.165, 1.54) is 0 Å². The number of nitrogens with zero attached hydrogens (tertiary/aromatic N) is 2. The van der Waals surface area contributed by atoms with E-state index < -0.39 is 0 Å². The molecule has 3 nitrogen and oxygen atoms in total. The van der Waals surface area contributed by atoms with Crippen LogP contribution < -0.4 is 10.6 Å². The molecule has 66 valence electrons. The molecule has 2 N–H and O–H groups in total. The largest absolute Gasteiger partial charge is 0.397 e. The minimum atomic E-state index is 0.782. The number of hydrogen-bond donors (Lipinski definition) is 1. The summed E-state index contributed by atoms with van der Waals surface area (Å²) in [6.45, 7) is 0.782. The van der Waals surface area contributed by atoms with Crippen LogP contribution in [0.1, 0.15) is 0 Å². The fourth-order valence-electron chi connectivity index (χ4n) is 1.30. The number of rotatable bonds is 1. The Kier molecular flexibility index (Phi) is 2.00. The van der Waals surface area contributed by atoms with Gasteiger partial charge in [-0.25, -0.2) is 0 Å². The van der Waals surface area contributed by atoms with Crippen LogP contribution in [-0.2, 0) is 0 Å². The Labute approximate surface area is 77.2 Å². The van der Waals surface area contributed by atoms with E-state index in [1.807, 2.05) is 36.7 Å². The van der Waals surface area contributed by atoms with Crippen molar-refractivity contribution in [2.24, 2.45) is 4.99 Å². The van der Waals surface area contributed by atoms with Crippen molar-refractivity contribution in [3.8, 4) is 0 Å². The lowest BCUT2D eigenvalue weighted by molar-refractivity contribution is 1.11. The van der Waals surface area contributed by atoms with Crippen LogP contribution in [0.5, 0.6) is 0 Å². The molecule has 0 aromatic heterocycles. The summed E-state index contributed by atoms with van der Waals surface area (Å²) in [4.78, 5) is 6.05. The Morgan fingerprint density at radius 2 is 2.15 bits per heavy atom. The second-order valence-corrected chi connectivity index (χ2v) is 2.84. The van der Waals surface area contributed by atoms with Gasteiger partial charge >= 0.3 is 0 Å². The van der Waals surface area contributed by atoms with Crippen molar-refractivity contribution in [1.82, 2.24) is 0 Å². The summed E-state index contributed by atoms with van der Waals surface area (Å²) >= 11 is 0. The molecule has 3 heteroatoms. The minimum absolute atomic E-state index is 0.782. The maximum Gasteiger partial charge on any atom is 0.0643 e. The summed E-state index contributed by atoms with van der Waals surface area (Å²) in [5.74, 6) is 0. The van der Waals surface area contributed by atoms with Gasteiger partial charge in [-0.2, -0.15) is 0 Å². The van der Waals surface area contributed by atoms with Gasteiger partial charge in [0.05, 0.1) is 17.9 Å². The molecule has 0 amide bonds. The number of benzene rings is 1. The highest BCUT2D eigenvalue weighted by Crippen LogP contribution is 2.22. The van der Waals surface area contributed by atoms with E-state index in [0.29, 0.717) is 0 Å².